The summed E-state index contributed by atoms with van der Waals surface area (Å²) in [5.74, 6) is -1.54. The first-order chi connectivity index (χ1) is 20.1. The van der Waals surface area contributed by atoms with Gasteiger partial charge in [-0.25, -0.2) is 0 Å². The largest absolute Gasteiger partial charge is 0.548 e. The lowest BCUT2D eigenvalue weighted by Gasteiger charge is -2.61. The molecule has 0 aliphatic carbocycles. The molecule has 0 bridgehead atoms. The van der Waals surface area contributed by atoms with E-state index in [-0.39, 0.29) is 16.9 Å². The minimum Gasteiger partial charge on any atom is -0.548 e. The maximum absolute atomic E-state index is 14.5. The van der Waals surface area contributed by atoms with E-state index in [0.717, 1.165) is 22.4 Å². The van der Waals surface area contributed by atoms with E-state index in [9.17, 15) is 14.7 Å². The number of hydrazone groups is 1. The van der Waals surface area contributed by atoms with Crippen LogP contribution >= 0.6 is 0 Å². The van der Waals surface area contributed by atoms with Crippen LogP contribution in [0.5, 0.6) is 0 Å². The number of para-hydroxylation sites is 1. The molecule has 5 unspecified atom stereocenters. The number of aliphatic carboxylic acids is 1. The molecule has 1 amide bonds. The number of nitrogens with zero attached hydrogens (tertiary/aromatic N) is 3. The second-order valence-electron chi connectivity index (χ2n) is 10.7. The molecule has 3 aliphatic rings. The number of carboxylic acid groups (broad SMARTS) is 1. The van der Waals surface area contributed by atoms with Crippen molar-refractivity contribution in [1.82, 2.24) is 20.3 Å². The van der Waals surface area contributed by atoms with Gasteiger partial charge in [-0.1, -0.05) is 109 Å². The molecular weight excluding hydrogens is 514 g/mol. The van der Waals surface area contributed by atoms with Crippen LogP contribution in [0.25, 0.3) is 0 Å². The van der Waals surface area contributed by atoms with Crippen molar-refractivity contribution < 1.29 is 14.7 Å². The van der Waals surface area contributed by atoms with Gasteiger partial charge in [-0.15, -0.1) is 15.2 Å². The van der Waals surface area contributed by atoms with Crippen LogP contribution in [0.1, 0.15) is 23.1 Å². The summed E-state index contributed by atoms with van der Waals surface area (Å²) in [5, 5.41) is 20.5. The summed E-state index contributed by atoms with van der Waals surface area (Å²) in [6.07, 6.45) is 1.61. The molecular formula is C33H29N5O3. The van der Waals surface area contributed by atoms with E-state index >= 15 is 0 Å². The summed E-state index contributed by atoms with van der Waals surface area (Å²) in [5.41, 5.74) is 6.10. The van der Waals surface area contributed by atoms with Gasteiger partial charge < -0.3 is 9.90 Å². The van der Waals surface area contributed by atoms with E-state index in [4.69, 9.17) is 0 Å². The number of rotatable bonds is 7. The van der Waals surface area contributed by atoms with Gasteiger partial charge in [-0.05, 0) is 16.7 Å². The van der Waals surface area contributed by atoms with Gasteiger partial charge in [-0.3, -0.25) is 15.0 Å². The summed E-state index contributed by atoms with van der Waals surface area (Å²) < 4.78 is 0.114. The number of carboxylic acids is 1. The molecule has 7 rings (SSSR count). The Labute approximate surface area is 238 Å². The normalized spacial score (nSPS) is 26.4. The van der Waals surface area contributed by atoms with E-state index in [1.165, 1.54) is 4.90 Å². The number of hydrogen-bond acceptors (Lipinski definition) is 6. The topological polar surface area (TPSA) is 96.9 Å². The first-order valence-electron chi connectivity index (χ1n) is 13.8. The van der Waals surface area contributed by atoms with Crippen LogP contribution in [0.3, 0.4) is 0 Å². The Morgan fingerprint density at radius 2 is 1.32 bits per heavy atom. The van der Waals surface area contributed by atoms with Gasteiger partial charge >= 0.3 is 0 Å². The highest BCUT2D eigenvalue weighted by Crippen LogP contribution is 2.46. The van der Waals surface area contributed by atoms with Crippen molar-refractivity contribution >= 4 is 23.8 Å². The van der Waals surface area contributed by atoms with E-state index in [1.54, 1.807) is 6.21 Å². The molecule has 8 nitrogen and oxygen atoms in total. The fraction of sp³-hybridized carbons (Fsp3) is 0.182. The Morgan fingerprint density at radius 1 is 0.829 bits per heavy atom. The molecule has 0 saturated carbocycles. The second-order valence-corrected chi connectivity index (χ2v) is 10.7. The Balaban J connectivity index is 1.45. The van der Waals surface area contributed by atoms with Crippen molar-refractivity contribution in [3.63, 3.8) is 0 Å². The van der Waals surface area contributed by atoms with Gasteiger partial charge in [0.05, 0.1) is 23.8 Å². The summed E-state index contributed by atoms with van der Waals surface area (Å²) in [6, 6.07) is 37.6. The Hall–Kier alpha value is -4.79. The molecule has 204 valence electrons. The maximum Gasteiger partial charge on any atom is 0.251 e. The number of carbonyl (C=O) groups excluding carboxylic acids is 2. The van der Waals surface area contributed by atoms with Gasteiger partial charge in [0.1, 0.15) is 6.04 Å². The number of quaternary nitrogens is 1. The molecule has 4 aromatic rings. The molecule has 2 N–H and O–H groups in total. The SMILES string of the molecule is O=C([O-])C1CC2N1C(=O)C(NC(c1ccccc1)(c1ccccc1)c1ccccc1)C1C=NN[N+]12c1ccccc1. The van der Waals surface area contributed by atoms with Crippen LogP contribution in [0, 0.1) is 0 Å². The zero-order valence-corrected chi connectivity index (χ0v) is 22.2. The molecule has 0 radical (unpaired) electrons. The highest BCUT2D eigenvalue weighted by molar-refractivity contribution is 5.95. The van der Waals surface area contributed by atoms with Crippen molar-refractivity contribution in [2.75, 3.05) is 0 Å². The smallest absolute Gasteiger partial charge is 0.251 e. The number of hydrogen-bond donors (Lipinski definition) is 2. The third kappa shape index (κ3) is 3.65. The average Bonchev–Trinajstić information content (AvgIpc) is 3.44. The van der Waals surface area contributed by atoms with Crippen molar-refractivity contribution in [2.45, 2.75) is 36.3 Å². The minimum atomic E-state index is -1.25. The van der Waals surface area contributed by atoms with Gasteiger partial charge in [0.2, 0.25) is 0 Å². The molecule has 0 spiro atoms. The van der Waals surface area contributed by atoms with E-state index < -0.39 is 35.8 Å². The lowest BCUT2D eigenvalue weighted by atomic mass is 9.75. The summed E-state index contributed by atoms with van der Waals surface area (Å²) in [4.78, 5) is 28.1. The highest BCUT2D eigenvalue weighted by atomic mass is 16.4. The van der Waals surface area contributed by atoms with E-state index in [1.807, 2.05) is 84.9 Å². The van der Waals surface area contributed by atoms with Gasteiger partial charge in [0, 0.05) is 18.6 Å². The van der Waals surface area contributed by atoms with Crippen LogP contribution in [0.2, 0.25) is 0 Å². The molecule has 41 heavy (non-hydrogen) atoms. The van der Waals surface area contributed by atoms with Crippen LogP contribution in [-0.4, -0.2) is 47.3 Å². The van der Waals surface area contributed by atoms with Gasteiger partial charge in [0.15, 0.2) is 17.9 Å². The third-order valence-electron chi connectivity index (χ3n) is 8.79. The standard InChI is InChI=1S/C33H29N5O3/c39-31-30(28-22-34-36-38(28,26-19-11-4-12-20-26)29-21-27(32(40)41)37(29)31)35-33(23-13-5-1-6-14-23,24-15-7-2-8-16-24)25-17-9-3-10-18-25/h1-20,22,27-30,35-36H,21H2. The predicted octanol–water partition coefficient (Wildman–Crippen LogP) is 2.51. The number of fused-ring (bicyclic) bond motifs is 3. The third-order valence-corrected chi connectivity index (χ3v) is 8.79. The highest BCUT2D eigenvalue weighted by Gasteiger charge is 2.69. The summed E-state index contributed by atoms with van der Waals surface area (Å²) in [6.45, 7) is 0. The van der Waals surface area contributed by atoms with Gasteiger partial charge in [0.25, 0.3) is 5.91 Å². The molecule has 3 aliphatic heterocycles. The Morgan fingerprint density at radius 3 is 1.80 bits per heavy atom. The Kier molecular flexibility index (Phi) is 5.96. The zero-order chi connectivity index (χ0) is 28.0. The van der Waals surface area contributed by atoms with Crippen molar-refractivity contribution in [2.24, 2.45) is 5.10 Å². The first kappa shape index (κ1) is 25.2. The molecule has 2 saturated heterocycles. The molecule has 8 heteroatoms. The maximum atomic E-state index is 14.5. The predicted molar refractivity (Wildman–Crippen MR) is 154 cm³/mol. The summed E-state index contributed by atoms with van der Waals surface area (Å²) >= 11 is 0. The van der Waals surface area contributed by atoms with Crippen LogP contribution in [0.15, 0.2) is 126 Å². The van der Waals surface area contributed by atoms with Crippen LogP contribution in [-0.2, 0) is 15.1 Å². The quantitative estimate of drug-likeness (QED) is 0.276. The molecule has 5 atom stereocenters. The van der Waals surface area contributed by atoms with Crippen LogP contribution < -0.4 is 20.6 Å². The second kappa shape index (κ2) is 9.69. The lowest BCUT2D eigenvalue weighted by molar-refractivity contribution is -0.319. The number of benzene rings is 4. The van der Waals surface area contributed by atoms with Crippen molar-refractivity contribution in [1.29, 1.82) is 0 Å². The minimum absolute atomic E-state index is 0.114. The lowest BCUT2D eigenvalue weighted by Crippen LogP contribution is -2.88. The number of amides is 1. The fourth-order valence-corrected chi connectivity index (χ4v) is 6.91. The van der Waals surface area contributed by atoms with Crippen molar-refractivity contribution in [3.05, 3.63) is 138 Å². The number of nitrogens with one attached hydrogen (secondary N) is 2. The molecule has 3 heterocycles. The summed E-state index contributed by atoms with van der Waals surface area (Å²) in [7, 11) is 0. The number of carbonyl (C=O) groups is 2. The van der Waals surface area contributed by atoms with Crippen LogP contribution in [0.4, 0.5) is 5.69 Å². The van der Waals surface area contributed by atoms with Crippen molar-refractivity contribution in [3.8, 4) is 0 Å². The van der Waals surface area contributed by atoms with E-state index in [2.05, 4.69) is 52.4 Å². The first-order valence-corrected chi connectivity index (χ1v) is 13.8. The molecule has 2 fully saturated rings. The van der Waals surface area contributed by atoms with E-state index in [0.29, 0.717) is 0 Å². The fourth-order valence-electron chi connectivity index (χ4n) is 6.91. The molecule has 0 aromatic heterocycles. The Bertz CT molecular complexity index is 1500. The average molecular weight is 544 g/mol. The zero-order valence-electron chi connectivity index (χ0n) is 22.2. The monoisotopic (exact) mass is 543 g/mol. The van der Waals surface area contributed by atoms with Gasteiger partial charge in [-0.2, -0.15) is 0 Å². The molecule has 4 aromatic carbocycles.